The molecule has 3 rings (SSSR count). The molecule has 1 aromatic carbocycles. The molecular weight excluding hydrogens is 240 g/mol. The van der Waals surface area contributed by atoms with E-state index < -0.39 is 0 Å². The Balaban J connectivity index is 2.08. The van der Waals surface area contributed by atoms with E-state index in [9.17, 15) is 4.79 Å². The molecule has 1 aliphatic rings. The van der Waals surface area contributed by atoms with E-state index in [-0.39, 0.29) is 5.97 Å². The first-order valence-electron chi connectivity index (χ1n) is 6.36. The number of aromatic amines is 1. The van der Waals surface area contributed by atoms with Crippen molar-refractivity contribution in [3.8, 4) is 11.3 Å². The van der Waals surface area contributed by atoms with E-state index in [0.717, 1.165) is 35.3 Å². The summed E-state index contributed by atoms with van der Waals surface area (Å²) in [4.78, 5) is 15.0. The molecule has 0 amide bonds. The fraction of sp³-hybridized carbons (Fsp3) is 0.267. The fourth-order valence-electron chi connectivity index (χ4n) is 2.40. The van der Waals surface area contributed by atoms with Gasteiger partial charge in [-0.05, 0) is 42.0 Å². The standard InChI is InChI=1S/C15H16N2O2/c1-19-15(18)12-8-17-14(13(12)9-2-3-9)10-4-6-11(16)7-5-10/h4-9,17H,2-3,16H2,1H3. The van der Waals surface area contributed by atoms with Gasteiger partial charge in [-0.25, -0.2) is 4.79 Å². The van der Waals surface area contributed by atoms with Crippen LogP contribution in [0.2, 0.25) is 0 Å². The number of anilines is 1. The highest BCUT2D eigenvalue weighted by Crippen LogP contribution is 2.46. The summed E-state index contributed by atoms with van der Waals surface area (Å²) in [6.07, 6.45) is 4.00. The van der Waals surface area contributed by atoms with Crippen LogP contribution in [0.15, 0.2) is 30.5 Å². The Bertz CT molecular complexity index is 610. The number of ether oxygens (including phenoxy) is 1. The molecule has 3 N–H and O–H groups in total. The van der Waals surface area contributed by atoms with Crippen LogP contribution in [0.4, 0.5) is 5.69 Å². The van der Waals surface area contributed by atoms with E-state index in [1.807, 2.05) is 24.3 Å². The molecule has 0 radical (unpaired) electrons. The topological polar surface area (TPSA) is 68.1 Å². The smallest absolute Gasteiger partial charge is 0.339 e. The molecule has 19 heavy (non-hydrogen) atoms. The monoisotopic (exact) mass is 256 g/mol. The average Bonchev–Trinajstić information content (AvgIpc) is 3.18. The third kappa shape index (κ3) is 2.10. The molecule has 2 aromatic rings. The van der Waals surface area contributed by atoms with Crippen LogP contribution in [-0.2, 0) is 4.74 Å². The summed E-state index contributed by atoms with van der Waals surface area (Å²) in [5.74, 6) is 0.188. The van der Waals surface area contributed by atoms with Gasteiger partial charge < -0.3 is 15.5 Å². The van der Waals surface area contributed by atoms with Gasteiger partial charge in [0, 0.05) is 17.6 Å². The number of benzene rings is 1. The number of methoxy groups -OCH3 is 1. The lowest BCUT2D eigenvalue weighted by molar-refractivity contribution is 0.0600. The molecular formula is C15H16N2O2. The van der Waals surface area contributed by atoms with Gasteiger partial charge in [0.05, 0.1) is 12.7 Å². The number of nitrogens with one attached hydrogen (secondary N) is 1. The fourth-order valence-corrected chi connectivity index (χ4v) is 2.40. The zero-order valence-electron chi connectivity index (χ0n) is 10.8. The number of carbonyl (C=O) groups is 1. The maximum absolute atomic E-state index is 11.8. The Morgan fingerprint density at radius 1 is 1.32 bits per heavy atom. The van der Waals surface area contributed by atoms with Crippen LogP contribution in [0.1, 0.15) is 34.7 Å². The molecule has 4 heteroatoms. The maximum atomic E-state index is 11.8. The number of nitrogen functional groups attached to an aromatic ring is 1. The van der Waals surface area contributed by atoms with E-state index in [0.29, 0.717) is 11.5 Å². The van der Waals surface area contributed by atoms with Crippen molar-refractivity contribution in [1.82, 2.24) is 4.98 Å². The molecule has 0 spiro atoms. The van der Waals surface area contributed by atoms with E-state index >= 15 is 0 Å². The summed E-state index contributed by atoms with van der Waals surface area (Å²) in [5, 5.41) is 0. The summed E-state index contributed by atoms with van der Waals surface area (Å²) >= 11 is 0. The quantitative estimate of drug-likeness (QED) is 0.655. The Morgan fingerprint density at radius 2 is 2.00 bits per heavy atom. The van der Waals surface area contributed by atoms with E-state index in [2.05, 4.69) is 4.98 Å². The van der Waals surface area contributed by atoms with Gasteiger partial charge in [-0.2, -0.15) is 0 Å². The van der Waals surface area contributed by atoms with Gasteiger partial charge in [0.25, 0.3) is 0 Å². The second kappa shape index (κ2) is 4.46. The van der Waals surface area contributed by atoms with Gasteiger partial charge in [0.1, 0.15) is 0 Å². The zero-order valence-corrected chi connectivity index (χ0v) is 10.8. The third-order valence-corrected chi connectivity index (χ3v) is 3.51. The van der Waals surface area contributed by atoms with Crippen molar-refractivity contribution >= 4 is 11.7 Å². The Labute approximate surface area is 111 Å². The van der Waals surface area contributed by atoms with Crippen molar-refractivity contribution in [1.29, 1.82) is 0 Å². The molecule has 1 aliphatic carbocycles. The predicted octanol–water partition coefficient (Wildman–Crippen LogP) is 2.93. The van der Waals surface area contributed by atoms with Crippen molar-refractivity contribution in [3.63, 3.8) is 0 Å². The normalized spacial score (nSPS) is 14.4. The van der Waals surface area contributed by atoms with Gasteiger partial charge in [0.2, 0.25) is 0 Å². The lowest BCUT2D eigenvalue weighted by Gasteiger charge is -2.06. The number of hydrogen-bond donors (Lipinski definition) is 2. The van der Waals surface area contributed by atoms with Gasteiger partial charge in [-0.15, -0.1) is 0 Å². The number of hydrogen-bond acceptors (Lipinski definition) is 3. The maximum Gasteiger partial charge on any atom is 0.339 e. The summed E-state index contributed by atoms with van der Waals surface area (Å²) < 4.78 is 4.84. The average molecular weight is 256 g/mol. The molecule has 0 unspecified atom stereocenters. The predicted molar refractivity (Wildman–Crippen MR) is 74.0 cm³/mol. The van der Waals surface area contributed by atoms with Gasteiger partial charge in [0.15, 0.2) is 0 Å². The first-order valence-corrected chi connectivity index (χ1v) is 6.36. The minimum absolute atomic E-state index is 0.278. The minimum Gasteiger partial charge on any atom is -0.465 e. The molecule has 1 heterocycles. The largest absolute Gasteiger partial charge is 0.465 e. The van der Waals surface area contributed by atoms with Crippen LogP contribution >= 0.6 is 0 Å². The highest BCUT2D eigenvalue weighted by atomic mass is 16.5. The van der Waals surface area contributed by atoms with Crippen molar-refractivity contribution in [2.24, 2.45) is 0 Å². The summed E-state index contributed by atoms with van der Waals surface area (Å²) in [6.45, 7) is 0. The molecule has 0 atom stereocenters. The molecule has 0 saturated heterocycles. The van der Waals surface area contributed by atoms with Crippen LogP contribution in [0.25, 0.3) is 11.3 Å². The number of esters is 1. The van der Waals surface area contributed by atoms with Crippen LogP contribution < -0.4 is 5.73 Å². The second-order valence-corrected chi connectivity index (χ2v) is 4.88. The first-order chi connectivity index (χ1) is 9.20. The van der Waals surface area contributed by atoms with Gasteiger partial charge in [-0.1, -0.05) is 12.1 Å². The number of carbonyl (C=O) groups excluding carboxylic acids is 1. The van der Waals surface area contributed by atoms with Crippen molar-refractivity contribution < 1.29 is 9.53 Å². The molecule has 98 valence electrons. The number of nitrogens with two attached hydrogens (primary N) is 1. The molecule has 1 saturated carbocycles. The molecule has 1 aromatic heterocycles. The summed E-state index contributed by atoms with van der Waals surface area (Å²) in [7, 11) is 1.41. The Kier molecular flexibility index (Phi) is 2.78. The molecule has 0 bridgehead atoms. The number of H-pyrrole nitrogens is 1. The van der Waals surface area contributed by atoms with Gasteiger partial charge in [-0.3, -0.25) is 0 Å². The van der Waals surface area contributed by atoms with Crippen LogP contribution in [0, 0.1) is 0 Å². The molecule has 1 fully saturated rings. The number of rotatable bonds is 3. The minimum atomic E-state index is -0.278. The molecule has 0 aliphatic heterocycles. The third-order valence-electron chi connectivity index (χ3n) is 3.51. The lowest BCUT2D eigenvalue weighted by atomic mass is 10.0. The zero-order chi connectivity index (χ0) is 13.4. The summed E-state index contributed by atoms with van der Waals surface area (Å²) in [6, 6.07) is 7.66. The number of aromatic nitrogens is 1. The van der Waals surface area contributed by atoms with E-state index in [4.69, 9.17) is 10.5 Å². The van der Waals surface area contributed by atoms with Crippen molar-refractivity contribution in [2.75, 3.05) is 12.8 Å². The van der Waals surface area contributed by atoms with E-state index in [1.165, 1.54) is 7.11 Å². The highest BCUT2D eigenvalue weighted by molar-refractivity contribution is 5.94. The van der Waals surface area contributed by atoms with Crippen LogP contribution in [0.3, 0.4) is 0 Å². The van der Waals surface area contributed by atoms with Gasteiger partial charge >= 0.3 is 5.97 Å². The van der Waals surface area contributed by atoms with Crippen molar-refractivity contribution in [2.45, 2.75) is 18.8 Å². The second-order valence-electron chi connectivity index (χ2n) is 4.88. The highest BCUT2D eigenvalue weighted by Gasteiger charge is 2.32. The summed E-state index contributed by atoms with van der Waals surface area (Å²) in [5.41, 5.74) is 10.2. The molecule has 4 nitrogen and oxygen atoms in total. The Hall–Kier alpha value is -2.23. The van der Waals surface area contributed by atoms with Crippen LogP contribution in [0.5, 0.6) is 0 Å². The first kappa shape index (κ1) is 11.8. The van der Waals surface area contributed by atoms with E-state index in [1.54, 1.807) is 6.20 Å². The van der Waals surface area contributed by atoms with Crippen molar-refractivity contribution in [3.05, 3.63) is 41.6 Å². The van der Waals surface area contributed by atoms with Crippen LogP contribution in [-0.4, -0.2) is 18.1 Å². The lowest BCUT2D eigenvalue weighted by Crippen LogP contribution is -2.02. The Morgan fingerprint density at radius 3 is 2.58 bits per heavy atom. The SMILES string of the molecule is COC(=O)c1c[nH]c(-c2ccc(N)cc2)c1C1CC1.